The van der Waals surface area contributed by atoms with Crippen molar-refractivity contribution in [3.63, 3.8) is 0 Å². The Morgan fingerprint density at radius 3 is 2.89 bits per heavy atom. The summed E-state index contributed by atoms with van der Waals surface area (Å²) in [5.41, 5.74) is 2.55. The van der Waals surface area contributed by atoms with Crippen molar-refractivity contribution in [2.45, 2.75) is 0 Å². The maximum absolute atomic E-state index is 11.7. The molecule has 4 aromatic rings. The molecule has 0 amide bonds. The lowest BCUT2D eigenvalue weighted by Gasteiger charge is -1.99. The largest absolute Gasteiger partial charge is 0.351 e. The van der Waals surface area contributed by atoms with Crippen molar-refractivity contribution in [1.29, 1.82) is 0 Å². The van der Waals surface area contributed by atoms with E-state index in [0.29, 0.717) is 5.65 Å². The van der Waals surface area contributed by atoms with Gasteiger partial charge in [-0.2, -0.15) is 0 Å². The summed E-state index contributed by atoms with van der Waals surface area (Å²) in [7, 11) is 0. The number of para-hydroxylation sites is 1. The van der Waals surface area contributed by atoms with Crippen LogP contribution in [0.2, 0.25) is 0 Å². The number of nitrogens with zero attached hydrogens (tertiary/aromatic N) is 2. The standard InChI is InChI=1S/C14H9N3O/c18-12-5-7-15-14-13-10(6-8-17(12)14)9-3-1-2-4-11(9)16-13/h1-8,16H. The van der Waals surface area contributed by atoms with Gasteiger partial charge in [0, 0.05) is 34.7 Å². The van der Waals surface area contributed by atoms with Crippen LogP contribution in [0.5, 0.6) is 0 Å². The molecule has 0 aliphatic carbocycles. The zero-order chi connectivity index (χ0) is 12.1. The van der Waals surface area contributed by atoms with E-state index in [1.807, 2.05) is 24.3 Å². The molecule has 0 spiro atoms. The Labute approximate surface area is 102 Å². The Balaban J connectivity index is 2.36. The van der Waals surface area contributed by atoms with Crippen LogP contribution in [0.1, 0.15) is 0 Å². The van der Waals surface area contributed by atoms with Crippen molar-refractivity contribution in [1.82, 2.24) is 14.4 Å². The van der Waals surface area contributed by atoms with Gasteiger partial charge in [0.25, 0.3) is 5.56 Å². The van der Waals surface area contributed by atoms with Gasteiger partial charge in [-0.05, 0) is 12.1 Å². The summed E-state index contributed by atoms with van der Waals surface area (Å²) >= 11 is 0. The van der Waals surface area contributed by atoms with Crippen LogP contribution < -0.4 is 5.56 Å². The molecule has 86 valence electrons. The van der Waals surface area contributed by atoms with Crippen LogP contribution >= 0.6 is 0 Å². The van der Waals surface area contributed by atoms with E-state index in [1.54, 1.807) is 16.8 Å². The summed E-state index contributed by atoms with van der Waals surface area (Å²) in [6, 6.07) is 11.5. The van der Waals surface area contributed by atoms with Crippen molar-refractivity contribution in [2.24, 2.45) is 0 Å². The minimum atomic E-state index is -0.0689. The molecule has 3 heterocycles. The van der Waals surface area contributed by atoms with Gasteiger partial charge in [-0.3, -0.25) is 9.20 Å². The van der Waals surface area contributed by atoms with Crippen LogP contribution in [-0.2, 0) is 0 Å². The maximum Gasteiger partial charge on any atom is 0.257 e. The van der Waals surface area contributed by atoms with Gasteiger partial charge in [-0.25, -0.2) is 4.98 Å². The van der Waals surface area contributed by atoms with Crippen molar-refractivity contribution in [3.05, 3.63) is 59.1 Å². The second-order valence-electron chi connectivity index (χ2n) is 4.25. The third-order valence-electron chi connectivity index (χ3n) is 3.24. The molecule has 0 radical (unpaired) electrons. The number of rotatable bonds is 0. The van der Waals surface area contributed by atoms with Gasteiger partial charge in [-0.15, -0.1) is 0 Å². The summed E-state index contributed by atoms with van der Waals surface area (Å²) in [6.45, 7) is 0. The van der Waals surface area contributed by atoms with Crippen LogP contribution in [0.4, 0.5) is 0 Å². The number of pyridine rings is 1. The van der Waals surface area contributed by atoms with Crippen LogP contribution in [0.15, 0.2) is 53.6 Å². The van der Waals surface area contributed by atoms with E-state index in [2.05, 4.69) is 16.0 Å². The fourth-order valence-corrected chi connectivity index (χ4v) is 2.41. The topological polar surface area (TPSA) is 50.2 Å². The lowest BCUT2D eigenvalue weighted by molar-refractivity contribution is 1.05. The normalized spacial score (nSPS) is 11.6. The Morgan fingerprint density at radius 2 is 1.94 bits per heavy atom. The number of hydrogen-bond acceptors (Lipinski definition) is 2. The van der Waals surface area contributed by atoms with Gasteiger partial charge in [0.05, 0.1) is 5.52 Å². The van der Waals surface area contributed by atoms with Crippen molar-refractivity contribution >= 4 is 27.5 Å². The van der Waals surface area contributed by atoms with E-state index in [1.165, 1.54) is 6.07 Å². The zero-order valence-electron chi connectivity index (χ0n) is 9.42. The molecule has 0 fully saturated rings. The molecule has 1 aromatic carbocycles. The predicted octanol–water partition coefficient (Wildman–Crippen LogP) is 2.33. The van der Waals surface area contributed by atoms with Gasteiger partial charge >= 0.3 is 0 Å². The van der Waals surface area contributed by atoms with E-state index in [-0.39, 0.29) is 5.56 Å². The fourth-order valence-electron chi connectivity index (χ4n) is 2.41. The lowest BCUT2D eigenvalue weighted by Crippen LogP contribution is -2.12. The highest BCUT2D eigenvalue weighted by atomic mass is 16.1. The molecule has 4 nitrogen and oxygen atoms in total. The third kappa shape index (κ3) is 1.09. The lowest BCUT2D eigenvalue weighted by atomic mass is 10.2. The molecule has 1 N–H and O–H groups in total. The van der Waals surface area contributed by atoms with Crippen LogP contribution in [0.25, 0.3) is 27.5 Å². The molecule has 4 heteroatoms. The van der Waals surface area contributed by atoms with Crippen LogP contribution in [0, 0.1) is 0 Å². The van der Waals surface area contributed by atoms with E-state index in [0.717, 1.165) is 21.8 Å². The second-order valence-corrected chi connectivity index (χ2v) is 4.25. The monoisotopic (exact) mass is 235 g/mol. The van der Waals surface area contributed by atoms with Crippen molar-refractivity contribution < 1.29 is 0 Å². The molecule has 0 saturated heterocycles. The Bertz CT molecular complexity index is 949. The van der Waals surface area contributed by atoms with Gasteiger partial charge in [0.1, 0.15) is 0 Å². The van der Waals surface area contributed by atoms with E-state index in [9.17, 15) is 4.79 Å². The molecule has 18 heavy (non-hydrogen) atoms. The summed E-state index contributed by atoms with van der Waals surface area (Å²) in [5, 5.41) is 2.23. The summed E-state index contributed by atoms with van der Waals surface area (Å²) < 4.78 is 1.55. The molecule has 0 atom stereocenters. The molecular weight excluding hydrogens is 226 g/mol. The van der Waals surface area contributed by atoms with Crippen molar-refractivity contribution in [3.8, 4) is 0 Å². The second kappa shape index (κ2) is 3.20. The first-order chi connectivity index (χ1) is 8.84. The third-order valence-corrected chi connectivity index (χ3v) is 3.24. The number of H-pyrrole nitrogens is 1. The molecular formula is C14H9N3O. The maximum atomic E-state index is 11.7. The molecule has 3 aromatic heterocycles. The molecule has 0 unspecified atom stereocenters. The average Bonchev–Trinajstić information content (AvgIpc) is 2.78. The minimum absolute atomic E-state index is 0.0689. The highest BCUT2D eigenvalue weighted by Gasteiger charge is 2.08. The Morgan fingerprint density at radius 1 is 1.06 bits per heavy atom. The number of fused-ring (bicyclic) bond motifs is 5. The van der Waals surface area contributed by atoms with Crippen LogP contribution in [-0.4, -0.2) is 14.4 Å². The highest BCUT2D eigenvalue weighted by molar-refractivity contribution is 6.11. The fraction of sp³-hybridized carbons (Fsp3) is 0. The van der Waals surface area contributed by atoms with Gasteiger partial charge < -0.3 is 4.98 Å². The zero-order valence-corrected chi connectivity index (χ0v) is 9.42. The predicted molar refractivity (Wildman–Crippen MR) is 70.8 cm³/mol. The molecule has 0 aliphatic rings. The van der Waals surface area contributed by atoms with Gasteiger partial charge in [-0.1, -0.05) is 18.2 Å². The summed E-state index contributed by atoms with van der Waals surface area (Å²) in [6.07, 6.45) is 3.32. The number of benzene rings is 1. The van der Waals surface area contributed by atoms with E-state index in [4.69, 9.17) is 0 Å². The van der Waals surface area contributed by atoms with Gasteiger partial charge in [0.15, 0.2) is 5.65 Å². The number of aromatic amines is 1. The SMILES string of the molecule is O=c1ccnc2c3[nH]c4ccccc4c3ccn12. The minimum Gasteiger partial charge on any atom is -0.351 e. The number of hydrogen-bond donors (Lipinski definition) is 1. The molecule has 0 bridgehead atoms. The first-order valence-electron chi connectivity index (χ1n) is 5.71. The average molecular weight is 235 g/mol. The summed E-state index contributed by atoms with van der Waals surface area (Å²) in [4.78, 5) is 19.4. The molecule has 0 saturated carbocycles. The number of nitrogens with one attached hydrogen (secondary N) is 1. The van der Waals surface area contributed by atoms with Crippen molar-refractivity contribution in [2.75, 3.05) is 0 Å². The Hall–Kier alpha value is -2.62. The van der Waals surface area contributed by atoms with E-state index < -0.39 is 0 Å². The van der Waals surface area contributed by atoms with Gasteiger partial charge in [0.2, 0.25) is 0 Å². The van der Waals surface area contributed by atoms with E-state index >= 15 is 0 Å². The smallest absolute Gasteiger partial charge is 0.257 e. The highest BCUT2D eigenvalue weighted by Crippen LogP contribution is 2.26. The number of aromatic nitrogens is 3. The quantitative estimate of drug-likeness (QED) is 0.508. The first-order valence-corrected chi connectivity index (χ1v) is 5.71. The summed E-state index contributed by atoms with van der Waals surface area (Å²) in [5.74, 6) is 0. The molecule has 4 rings (SSSR count). The Kier molecular flexibility index (Phi) is 1.67. The first kappa shape index (κ1) is 9.41. The molecule has 0 aliphatic heterocycles. The van der Waals surface area contributed by atoms with Crippen LogP contribution in [0.3, 0.4) is 0 Å².